The van der Waals surface area contributed by atoms with E-state index in [0.29, 0.717) is 33.3 Å². The first-order chi connectivity index (χ1) is 11.5. The number of benzene rings is 1. The molecule has 1 amide bonds. The number of nitrogens with zero attached hydrogens (tertiary/aromatic N) is 3. The van der Waals surface area contributed by atoms with Crippen LogP contribution in [0, 0.1) is 11.8 Å². The first-order valence-electron chi connectivity index (χ1n) is 8.09. The first kappa shape index (κ1) is 18.5. The Labute approximate surface area is 162 Å². The molecule has 1 aromatic heterocycles. The summed E-state index contributed by atoms with van der Waals surface area (Å²) in [5, 5.41) is 5.45. The molecule has 0 radical (unpaired) electrons. The Kier molecular flexibility index (Phi) is 5.30. The molecule has 25 heavy (non-hydrogen) atoms. The number of nitrogens with two attached hydrogens (primary N) is 1. The zero-order valence-electron chi connectivity index (χ0n) is 13.4. The van der Waals surface area contributed by atoms with E-state index in [1.807, 2.05) is 4.90 Å². The molecule has 2 aromatic rings. The van der Waals surface area contributed by atoms with Crippen LogP contribution in [0.2, 0.25) is 10.0 Å². The molecule has 0 bridgehead atoms. The summed E-state index contributed by atoms with van der Waals surface area (Å²) < 4.78 is 1.61. The zero-order valence-corrected chi connectivity index (χ0v) is 15.8. The maximum absolute atomic E-state index is 12.7. The van der Waals surface area contributed by atoms with Crippen molar-refractivity contribution in [3.8, 4) is 5.69 Å². The predicted octanol–water partition coefficient (Wildman–Crippen LogP) is 3.41. The lowest BCUT2D eigenvalue weighted by atomic mass is 9.98. The molecule has 2 fully saturated rings. The van der Waals surface area contributed by atoms with Crippen LogP contribution in [0.25, 0.3) is 5.69 Å². The molecular weight excluding hydrogens is 383 g/mol. The second-order valence-corrected chi connectivity index (χ2v) is 7.46. The summed E-state index contributed by atoms with van der Waals surface area (Å²) >= 11 is 12.1. The van der Waals surface area contributed by atoms with Gasteiger partial charge in [-0.05, 0) is 48.9 Å². The number of amides is 1. The Morgan fingerprint density at radius 2 is 2.00 bits per heavy atom. The van der Waals surface area contributed by atoms with Gasteiger partial charge in [-0.1, -0.05) is 23.2 Å². The van der Waals surface area contributed by atoms with Crippen LogP contribution in [0.5, 0.6) is 0 Å². The van der Waals surface area contributed by atoms with E-state index in [-0.39, 0.29) is 24.4 Å². The van der Waals surface area contributed by atoms with Crippen LogP contribution in [0.1, 0.15) is 23.3 Å². The minimum Gasteiger partial charge on any atom is -0.337 e. The molecule has 1 saturated carbocycles. The molecule has 2 heterocycles. The Hall–Kier alpha value is -1.27. The lowest BCUT2D eigenvalue weighted by molar-refractivity contribution is 0.0773. The summed E-state index contributed by atoms with van der Waals surface area (Å²) in [5.74, 6) is 0.930. The third-order valence-electron chi connectivity index (χ3n) is 5.16. The van der Waals surface area contributed by atoms with Crippen LogP contribution < -0.4 is 5.73 Å². The van der Waals surface area contributed by atoms with E-state index >= 15 is 0 Å². The Morgan fingerprint density at radius 1 is 1.20 bits per heavy atom. The fourth-order valence-corrected chi connectivity index (χ4v) is 4.37. The summed E-state index contributed by atoms with van der Waals surface area (Å²) in [5.41, 5.74) is 7.27. The van der Waals surface area contributed by atoms with Crippen molar-refractivity contribution in [1.82, 2.24) is 14.7 Å². The van der Waals surface area contributed by atoms with Crippen molar-refractivity contribution in [2.24, 2.45) is 17.6 Å². The van der Waals surface area contributed by atoms with Gasteiger partial charge in [0.25, 0.3) is 5.91 Å². The molecule has 8 heteroatoms. The summed E-state index contributed by atoms with van der Waals surface area (Å²) in [4.78, 5) is 14.6. The molecule has 3 unspecified atom stereocenters. The number of fused-ring (bicyclic) bond motifs is 1. The van der Waals surface area contributed by atoms with Crippen LogP contribution in [0.4, 0.5) is 0 Å². The van der Waals surface area contributed by atoms with Gasteiger partial charge in [0, 0.05) is 30.4 Å². The molecule has 5 nitrogen and oxygen atoms in total. The van der Waals surface area contributed by atoms with E-state index in [1.165, 1.54) is 0 Å². The van der Waals surface area contributed by atoms with E-state index in [0.717, 1.165) is 25.9 Å². The third-order valence-corrected chi connectivity index (χ3v) is 5.70. The molecule has 3 atom stereocenters. The average molecular weight is 402 g/mol. The van der Waals surface area contributed by atoms with Crippen LogP contribution in [-0.2, 0) is 0 Å². The molecule has 134 valence electrons. The van der Waals surface area contributed by atoms with Crippen LogP contribution in [0.3, 0.4) is 0 Å². The third kappa shape index (κ3) is 3.38. The normalized spacial score (nSPS) is 24.9. The zero-order chi connectivity index (χ0) is 16.8. The average Bonchev–Trinajstić information content (AvgIpc) is 3.24. The van der Waals surface area contributed by atoms with Crippen LogP contribution in [0.15, 0.2) is 30.5 Å². The molecule has 1 aromatic carbocycles. The monoisotopic (exact) mass is 400 g/mol. The predicted molar refractivity (Wildman–Crippen MR) is 101 cm³/mol. The summed E-state index contributed by atoms with van der Waals surface area (Å²) in [6, 6.07) is 7.13. The van der Waals surface area contributed by atoms with Gasteiger partial charge in [-0.2, -0.15) is 5.10 Å². The largest absolute Gasteiger partial charge is 0.337 e. The number of carbonyl (C=O) groups is 1. The van der Waals surface area contributed by atoms with Crippen LogP contribution >= 0.6 is 35.6 Å². The Balaban J connectivity index is 0.00000182. The molecule has 1 aliphatic heterocycles. The van der Waals surface area contributed by atoms with Gasteiger partial charge in [-0.25, -0.2) is 4.68 Å². The highest BCUT2D eigenvalue weighted by atomic mass is 35.5. The number of rotatable bonds is 2. The lowest BCUT2D eigenvalue weighted by Gasteiger charge is -2.17. The van der Waals surface area contributed by atoms with Crippen LogP contribution in [-0.4, -0.2) is 39.7 Å². The van der Waals surface area contributed by atoms with E-state index in [9.17, 15) is 4.79 Å². The van der Waals surface area contributed by atoms with Gasteiger partial charge in [0.2, 0.25) is 0 Å². The molecule has 2 aliphatic rings. The fourth-order valence-electron chi connectivity index (χ4n) is 3.87. The fraction of sp³-hybridized carbons (Fsp3) is 0.412. The van der Waals surface area contributed by atoms with Crippen molar-refractivity contribution in [3.63, 3.8) is 0 Å². The van der Waals surface area contributed by atoms with Gasteiger partial charge in [0.05, 0.1) is 10.7 Å². The Bertz CT molecular complexity index is 794. The SMILES string of the molecule is Cl.NC1CCC2CN(C(=O)c3ccn(-c4ccc(Cl)cc4Cl)n3)CC12. The van der Waals surface area contributed by atoms with Gasteiger partial charge in [-0.3, -0.25) is 4.79 Å². The maximum Gasteiger partial charge on any atom is 0.274 e. The minimum absolute atomic E-state index is 0. The molecule has 1 saturated heterocycles. The summed E-state index contributed by atoms with van der Waals surface area (Å²) in [7, 11) is 0. The van der Waals surface area contributed by atoms with Crippen molar-refractivity contribution in [2.75, 3.05) is 13.1 Å². The smallest absolute Gasteiger partial charge is 0.274 e. The van der Waals surface area contributed by atoms with Gasteiger partial charge in [0.1, 0.15) is 0 Å². The van der Waals surface area contributed by atoms with E-state index in [1.54, 1.807) is 35.1 Å². The lowest BCUT2D eigenvalue weighted by Crippen LogP contribution is -2.33. The van der Waals surface area contributed by atoms with Gasteiger partial charge in [-0.15, -0.1) is 12.4 Å². The number of carbonyl (C=O) groups excluding carboxylic acids is 1. The maximum atomic E-state index is 12.7. The highest BCUT2D eigenvalue weighted by Gasteiger charge is 2.42. The second kappa shape index (κ2) is 7.16. The number of halogens is 3. The minimum atomic E-state index is -0.0413. The quantitative estimate of drug-likeness (QED) is 0.838. The number of hydrogen-bond donors (Lipinski definition) is 1. The molecule has 0 spiro atoms. The molecule has 1 aliphatic carbocycles. The van der Waals surface area contributed by atoms with Crippen molar-refractivity contribution in [2.45, 2.75) is 18.9 Å². The van der Waals surface area contributed by atoms with Crippen molar-refractivity contribution < 1.29 is 4.79 Å². The van der Waals surface area contributed by atoms with Crippen molar-refractivity contribution in [1.29, 1.82) is 0 Å². The molecular formula is C17H19Cl3N4O. The topological polar surface area (TPSA) is 64.2 Å². The van der Waals surface area contributed by atoms with Gasteiger partial charge < -0.3 is 10.6 Å². The van der Waals surface area contributed by atoms with E-state index in [2.05, 4.69) is 5.10 Å². The van der Waals surface area contributed by atoms with E-state index < -0.39 is 0 Å². The number of likely N-dealkylation sites (tertiary alicyclic amines) is 1. The van der Waals surface area contributed by atoms with Crippen molar-refractivity contribution in [3.05, 3.63) is 46.2 Å². The number of aromatic nitrogens is 2. The highest BCUT2D eigenvalue weighted by molar-refractivity contribution is 6.35. The molecule has 2 N–H and O–H groups in total. The van der Waals surface area contributed by atoms with E-state index in [4.69, 9.17) is 28.9 Å². The standard InChI is InChI=1S/C17H18Cl2N4O.ClH/c18-11-2-4-16(13(19)7-11)23-6-5-15(21-23)17(24)22-8-10-1-3-14(20)12(10)9-22;/h2,4-7,10,12,14H,1,3,8-9,20H2;1H. The Morgan fingerprint density at radius 3 is 2.72 bits per heavy atom. The first-order valence-corrected chi connectivity index (χ1v) is 8.84. The summed E-state index contributed by atoms with van der Waals surface area (Å²) in [6.45, 7) is 1.52. The van der Waals surface area contributed by atoms with Gasteiger partial charge in [0.15, 0.2) is 5.69 Å². The van der Waals surface area contributed by atoms with Gasteiger partial charge >= 0.3 is 0 Å². The molecule has 4 rings (SSSR count). The highest BCUT2D eigenvalue weighted by Crippen LogP contribution is 2.37. The summed E-state index contributed by atoms with van der Waals surface area (Å²) in [6.07, 6.45) is 3.93. The van der Waals surface area contributed by atoms with Crippen molar-refractivity contribution >= 4 is 41.5 Å². The second-order valence-electron chi connectivity index (χ2n) is 6.62. The number of hydrogen-bond acceptors (Lipinski definition) is 3.